The molecule has 0 amide bonds. The summed E-state index contributed by atoms with van der Waals surface area (Å²) in [6, 6.07) is 9.06. The number of rotatable bonds is 5. The summed E-state index contributed by atoms with van der Waals surface area (Å²) >= 11 is 3.25. The Labute approximate surface area is 129 Å². The third-order valence-corrected chi connectivity index (χ3v) is 3.40. The van der Waals surface area contributed by atoms with Gasteiger partial charge in [0, 0.05) is 34.5 Å². The molecule has 0 bridgehead atoms. The zero-order chi connectivity index (χ0) is 15.4. The van der Waals surface area contributed by atoms with Gasteiger partial charge in [0.25, 0.3) is 5.69 Å². The zero-order valence-electron chi connectivity index (χ0n) is 11.2. The molecule has 2 aromatic carbocycles. The number of nitrogens with zero attached hydrogens (tertiary/aromatic N) is 1. The van der Waals surface area contributed by atoms with Crippen LogP contribution in [0.3, 0.4) is 0 Å². The maximum Gasteiger partial charge on any atom is 0.273 e. The largest absolute Gasteiger partial charge is 0.385 e. The van der Waals surface area contributed by atoms with Crippen molar-refractivity contribution in [2.45, 2.75) is 6.92 Å². The summed E-state index contributed by atoms with van der Waals surface area (Å²) in [4.78, 5) is 10.5. The van der Waals surface area contributed by atoms with Gasteiger partial charge in [-0.1, -0.05) is 6.07 Å². The smallest absolute Gasteiger partial charge is 0.273 e. The molecule has 0 atom stereocenters. The van der Waals surface area contributed by atoms with Gasteiger partial charge in [0.05, 0.1) is 10.6 Å². The molecule has 0 aliphatic heterocycles. The van der Waals surface area contributed by atoms with E-state index in [1.54, 1.807) is 18.2 Å². The molecule has 0 saturated heterocycles. The molecule has 0 radical (unpaired) electrons. The summed E-state index contributed by atoms with van der Waals surface area (Å²) in [5, 5.41) is 16.8. The molecule has 2 N–H and O–H groups in total. The minimum Gasteiger partial charge on any atom is -0.385 e. The topological polar surface area (TPSA) is 67.2 Å². The molecule has 2 rings (SSSR count). The predicted octanol–water partition coefficient (Wildman–Crippen LogP) is 4.67. The first-order chi connectivity index (χ1) is 10.0. The van der Waals surface area contributed by atoms with E-state index in [9.17, 15) is 14.5 Å². The number of nitro benzene ring substituents is 1. The summed E-state index contributed by atoms with van der Waals surface area (Å²) in [6.45, 7) is 2.52. The highest BCUT2D eigenvalue weighted by Gasteiger charge is 2.12. The Hall–Kier alpha value is -2.15. The van der Waals surface area contributed by atoms with Crippen LogP contribution >= 0.6 is 15.9 Å². The molecular weight excluding hydrogens is 341 g/mol. The molecule has 110 valence electrons. The molecule has 2 aromatic rings. The Balaban J connectivity index is 2.41. The molecule has 0 heterocycles. The van der Waals surface area contributed by atoms with Gasteiger partial charge >= 0.3 is 0 Å². The van der Waals surface area contributed by atoms with Crippen LogP contribution in [0.1, 0.15) is 6.92 Å². The summed E-state index contributed by atoms with van der Waals surface area (Å²) in [6.07, 6.45) is 0. The number of non-ortho nitro benzene ring substituents is 1. The second-order valence-electron chi connectivity index (χ2n) is 4.28. The average molecular weight is 354 g/mol. The maximum absolute atomic E-state index is 13.8. The minimum absolute atomic E-state index is 0.0663. The first-order valence-electron chi connectivity index (χ1n) is 6.25. The lowest BCUT2D eigenvalue weighted by molar-refractivity contribution is -0.384. The van der Waals surface area contributed by atoms with Gasteiger partial charge in [-0.2, -0.15) is 0 Å². The molecule has 0 aliphatic rings. The fraction of sp³-hybridized carbons (Fsp3) is 0.143. The third kappa shape index (κ3) is 3.69. The molecule has 0 spiro atoms. The van der Waals surface area contributed by atoms with Crippen LogP contribution < -0.4 is 10.6 Å². The first-order valence-corrected chi connectivity index (χ1v) is 7.05. The lowest BCUT2D eigenvalue weighted by Gasteiger charge is -2.11. The third-order valence-electron chi connectivity index (χ3n) is 2.74. The van der Waals surface area contributed by atoms with Gasteiger partial charge < -0.3 is 10.6 Å². The van der Waals surface area contributed by atoms with Gasteiger partial charge in [-0.25, -0.2) is 4.39 Å². The molecule has 0 saturated carbocycles. The lowest BCUT2D eigenvalue weighted by atomic mass is 10.2. The van der Waals surface area contributed by atoms with Crippen LogP contribution in [-0.4, -0.2) is 11.5 Å². The normalized spacial score (nSPS) is 10.2. The van der Waals surface area contributed by atoms with E-state index in [0.29, 0.717) is 22.4 Å². The van der Waals surface area contributed by atoms with Crippen molar-refractivity contribution in [3.8, 4) is 0 Å². The number of halogens is 2. The number of nitrogens with one attached hydrogen (secondary N) is 2. The van der Waals surface area contributed by atoms with Gasteiger partial charge in [0.15, 0.2) is 0 Å². The predicted molar refractivity (Wildman–Crippen MR) is 84.6 cm³/mol. The Morgan fingerprint density at radius 2 is 2.00 bits per heavy atom. The molecule has 0 aromatic heterocycles. The van der Waals surface area contributed by atoms with Gasteiger partial charge in [-0.3, -0.25) is 10.1 Å². The highest BCUT2D eigenvalue weighted by atomic mass is 79.9. The lowest BCUT2D eigenvalue weighted by Crippen LogP contribution is -2.01. The Morgan fingerprint density at radius 3 is 2.62 bits per heavy atom. The van der Waals surface area contributed by atoms with Crippen molar-refractivity contribution in [1.82, 2.24) is 0 Å². The fourth-order valence-corrected chi connectivity index (χ4v) is 2.30. The van der Waals surface area contributed by atoms with E-state index in [0.717, 1.165) is 0 Å². The molecule has 5 nitrogen and oxygen atoms in total. The van der Waals surface area contributed by atoms with Crippen LogP contribution in [0.4, 0.5) is 27.1 Å². The molecule has 21 heavy (non-hydrogen) atoms. The highest BCUT2D eigenvalue weighted by molar-refractivity contribution is 9.10. The van der Waals surface area contributed by atoms with Crippen molar-refractivity contribution < 1.29 is 9.31 Å². The second-order valence-corrected chi connectivity index (χ2v) is 5.13. The number of benzene rings is 2. The minimum atomic E-state index is -0.484. The van der Waals surface area contributed by atoms with Gasteiger partial charge in [-0.15, -0.1) is 0 Å². The molecular formula is C14H13BrFN3O2. The van der Waals surface area contributed by atoms with Crippen LogP contribution in [0.15, 0.2) is 40.9 Å². The number of anilines is 3. The monoisotopic (exact) mass is 353 g/mol. The van der Waals surface area contributed by atoms with E-state index in [4.69, 9.17) is 0 Å². The number of hydrogen-bond donors (Lipinski definition) is 2. The molecule has 0 fully saturated rings. The van der Waals surface area contributed by atoms with E-state index in [1.807, 2.05) is 6.92 Å². The van der Waals surface area contributed by atoms with E-state index in [-0.39, 0.29) is 11.4 Å². The standard InChI is InChI=1S/C14H13BrFN3O2/c1-2-17-9-6-10(8-11(7-9)19(20)21)18-14-12(15)4-3-5-13(14)16/h3-8,17-18H,2H2,1H3. The van der Waals surface area contributed by atoms with Crippen molar-refractivity contribution >= 4 is 38.7 Å². The van der Waals surface area contributed by atoms with Gasteiger partial charge in [0.1, 0.15) is 5.82 Å². The Bertz CT molecular complexity index is 659. The second kappa shape index (κ2) is 6.53. The average Bonchev–Trinajstić information content (AvgIpc) is 2.43. The highest BCUT2D eigenvalue weighted by Crippen LogP contribution is 2.31. The van der Waals surface area contributed by atoms with Crippen LogP contribution in [0.5, 0.6) is 0 Å². The zero-order valence-corrected chi connectivity index (χ0v) is 12.8. The summed E-state index contributed by atoms with van der Waals surface area (Å²) in [5.41, 5.74) is 1.21. The van der Waals surface area contributed by atoms with E-state index in [1.165, 1.54) is 18.2 Å². The van der Waals surface area contributed by atoms with Gasteiger partial charge in [-0.05, 0) is 41.1 Å². The van der Waals surface area contributed by atoms with Crippen LogP contribution in [0.2, 0.25) is 0 Å². The fourth-order valence-electron chi connectivity index (χ4n) is 1.86. The van der Waals surface area contributed by atoms with Crippen molar-refractivity contribution in [2.24, 2.45) is 0 Å². The van der Waals surface area contributed by atoms with E-state index >= 15 is 0 Å². The van der Waals surface area contributed by atoms with Crippen LogP contribution in [-0.2, 0) is 0 Å². The van der Waals surface area contributed by atoms with Crippen LogP contribution in [0, 0.1) is 15.9 Å². The van der Waals surface area contributed by atoms with E-state index < -0.39 is 10.7 Å². The number of nitro groups is 1. The molecule has 0 aliphatic carbocycles. The van der Waals surface area contributed by atoms with Crippen LogP contribution in [0.25, 0.3) is 0 Å². The summed E-state index contributed by atoms with van der Waals surface area (Å²) in [7, 11) is 0. The Morgan fingerprint density at radius 1 is 1.29 bits per heavy atom. The van der Waals surface area contributed by atoms with Crippen molar-refractivity contribution in [1.29, 1.82) is 0 Å². The number of hydrogen-bond acceptors (Lipinski definition) is 4. The molecule has 7 heteroatoms. The summed E-state index contributed by atoms with van der Waals surface area (Å²) in [5.74, 6) is -0.444. The molecule has 0 unspecified atom stereocenters. The SMILES string of the molecule is CCNc1cc(Nc2c(F)cccc2Br)cc([N+](=O)[O-])c1. The van der Waals surface area contributed by atoms with Crippen molar-refractivity contribution in [2.75, 3.05) is 17.2 Å². The maximum atomic E-state index is 13.8. The van der Waals surface area contributed by atoms with E-state index in [2.05, 4.69) is 26.6 Å². The summed E-state index contributed by atoms with van der Waals surface area (Å²) < 4.78 is 14.3. The Kier molecular flexibility index (Phi) is 4.74. The quantitative estimate of drug-likeness (QED) is 0.605. The van der Waals surface area contributed by atoms with Crippen molar-refractivity contribution in [3.05, 3.63) is 56.8 Å². The number of para-hydroxylation sites is 1. The first kappa shape index (κ1) is 15.2. The van der Waals surface area contributed by atoms with Crippen molar-refractivity contribution in [3.63, 3.8) is 0 Å². The van der Waals surface area contributed by atoms with Gasteiger partial charge in [0.2, 0.25) is 0 Å².